The maximum absolute atomic E-state index is 12.9. The van der Waals surface area contributed by atoms with Gasteiger partial charge in [0.05, 0.1) is 10.6 Å². The highest BCUT2D eigenvalue weighted by Gasteiger charge is 2.24. The van der Waals surface area contributed by atoms with Crippen molar-refractivity contribution >= 4 is 43.2 Å². The SMILES string of the molecule is CCS(=O)(=O)c1ccc(NC(=O)c2ccc3c(c2)c2ccccc2n3CC2CC2)cc1. The number of carbonyl (C=O) groups excluding carboxylic acids is 1. The van der Waals surface area contributed by atoms with Crippen LogP contribution in [-0.4, -0.2) is 24.6 Å². The predicted molar refractivity (Wildman–Crippen MR) is 124 cm³/mol. The van der Waals surface area contributed by atoms with Crippen molar-refractivity contribution in [2.45, 2.75) is 31.2 Å². The molecule has 0 aliphatic heterocycles. The van der Waals surface area contributed by atoms with Gasteiger partial charge in [0.15, 0.2) is 9.84 Å². The van der Waals surface area contributed by atoms with Crippen molar-refractivity contribution in [2.75, 3.05) is 11.1 Å². The third-order valence-electron chi connectivity index (χ3n) is 6.02. The molecule has 1 saturated carbocycles. The Morgan fingerprint density at radius 2 is 1.68 bits per heavy atom. The van der Waals surface area contributed by atoms with Crippen LogP contribution in [0.25, 0.3) is 21.8 Å². The van der Waals surface area contributed by atoms with Crippen LogP contribution in [0.4, 0.5) is 5.69 Å². The van der Waals surface area contributed by atoms with E-state index >= 15 is 0 Å². The molecule has 0 unspecified atom stereocenters. The number of hydrogen-bond acceptors (Lipinski definition) is 3. The Morgan fingerprint density at radius 3 is 2.39 bits per heavy atom. The fourth-order valence-corrected chi connectivity index (χ4v) is 4.95. The Kier molecular flexibility index (Phi) is 4.82. The first-order valence-corrected chi connectivity index (χ1v) is 12.3. The third-order valence-corrected chi connectivity index (χ3v) is 7.77. The number of anilines is 1. The van der Waals surface area contributed by atoms with Crippen molar-refractivity contribution in [2.24, 2.45) is 5.92 Å². The highest BCUT2D eigenvalue weighted by Crippen LogP contribution is 2.36. The summed E-state index contributed by atoms with van der Waals surface area (Å²) in [7, 11) is -3.26. The van der Waals surface area contributed by atoms with Crippen LogP contribution in [0.3, 0.4) is 0 Å². The minimum Gasteiger partial charge on any atom is -0.340 e. The maximum Gasteiger partial charge on any atom is 0.255 e. The maximum atomic E-state index is 12.9. The standard InChI is InChI=1S/C25H24N2O3S/c1-2-31(29,30)20-12-10-19(11-13-20)26-25(28)18-9-14-24-22(15-18)21-5-3-4-6-23(21)27(24)16-17-7-8-17/h3-6,9-15,17H,2,7-8,16H2,1H3,(H,26,28). The number of carbonyl (C=O) groups is 1. The molecular weight excluding hydrogens is 408 g/mol. The van der Waals surface area contributed by atoms with E-state index in [9.17, 15) is 13.2 Å². The van der Waals surface area contributed by atoms with E-state index < -0.39 is 9.84 Å². The van der Waals surface area contributed by atoms with Crippen molar-refractivity contribution < 1.29 is 13.2 Å². The van der Waals surface area contributed by atoms with Crippen molar-refractivity contribution in [3.05, 3.63) is 72.3 Å². The number of amides is 1. The van der Waals surface area contributed by atoms with E-state index in [2.05, 4.69) is 28.1 Å². The van der Waals surface area contributed by atoms with Gasteiger partial charge in [0.25, 0.3) is 5.91 Å². The summed E-state index contributed by atoms with van der Waals surface area (Å²) in [5.41, 5.74) is 3.50. The van der Waals surface area contributed by atoms with Gasteiger partial charge < -0.3 is 9.88 Å². The van der Waals surface area contributed by atoms with Crippen LogP contribution in [0.2, 0.25) is 0 Å². The molecule has 1 aliphatic rings. The fraction of sp³-hybridized carbons (Fsp3) is 0.240. The number of hydrogen-bond donors (Lipinski definition) is 1. The molecule has 1 N–H and O–H groups in total. The molecule has 1 aromatic heterocycles. The Morgan fingerprint density at radius 1 is 0.968 bits per heavy atom. The molecule has 1 amide bonds. The molecule has 158 valence electrons. The number of fused-ring (bicyclic) bond motifs is 3. The molecule has 0 atom stereocenters. The molecule has 4 aromatic rings. The van der Waals surface area contributed by atoms with Gasteiger partial charge in [0.2, 0.25) is 0 Å². The Hall–Kier alpha value is -3.12. The van der Waals surface area contributed by atoms with Gasteiger partial charge in [-0.2, -0.15) is 0 Å². The van der Waals surface area contributed by atoms with E-state index in [1.54, 1.807) is 19.1 Å². The third kappa shape index (κ3) is 3.72. The average molecular weight is 433 g/mol. The van der Waals surface area contributed by atoms with Crippen molar-refractivity contribution in [1.82, 2.24) is 4.57 Å². The van der Waals surface area contributed by atoms with Crippen LogP contribution < -0.4 is 5.32 Å². The second-order valence-corrected chi connectivity index (χ2v) is 10.5. The van der Waals surface area contributed by atoms with Crippen molar-refractivity contribution in [1.29, 1.82) is 0 Å². The largest absolute Gasteiger partial charge is 0.340 e. The molecule has 6 heteroatoms. The van der Waals surface area contributed by atoms with Crippen LogP contribution in [0, 0.1) is 5.92 Å². The Balaban J connectivity index is 1.46. The van der Waals surface area contributed by atoms with E-state index in [1.807, 2.05) is 24.3 Å². The molecule has 0 radical (unpaired) electrons. The zero-order valence-electron chi connectivity index (χ0n) is 17.3. The average Bonchev–Trinajstić information content (AvgIpc) is 3.56. The molecule has 0 saturated heterocycles. The smallest absolute Gasteiger partial charge is 0.255 e. The van der Waals surface area contributed by atoms with Crippen LogP contribution in [-0.2, 0) is 16.4 Å². The van der Waals surface area contributed by atoms with Gasteiger partial charge in [-0.05, 0) is 67.3 Å². The second kappa shape index (κ2) is 7.54. The molecule has 31 heavy (non-hydrogen) atoms. The monoisotopic (exact) mass is 432 g/mol. The minimum atomic E-state index is -3.26. The molecule has 0 bridgehead atoms. The molecule has 1 aliphatic carbocycles. The van der Waals surface area contributed by atoms with Crippen LogP contribution in [0.1, 0.15) is 30.1 Å². The lowest BCUT2D eigenvalue weighted by Crippen LogP contribution is -2.12. The minimum absolute atomic E-state index is 0.0487. The number of nitrogens with zero attached hydrogens (tertiary/aromatic N) is 1. The Labute approximate surface area is 181 Å². The Bertz CT molecular complexity index is 1400. The first-order valence-electron chi connectivity index (χ1n) is 10.6. The van der Waals surface area contributed by atoms with E-state index in [1.165, 1.54) is 30.5 Å². The molecule has 5 rings (SSSR count). The molecule has 5 nitrogen and oxygen atoms in total. The van der Waals surface area contributed by atoms with Gasteiger partial charge in [-0.1, -0.05) is 25.1 Å². The summed E-state index contributed by atoms with van der Waals surface area (Å²) in [5.74, 6) is 0.584. The van der Waals surface area contributed by atoms with Crippen molar-refractivity contribution in [3.63, 3.8) is 0 Å². The number of benzene rings is 3. The quantitative estimate of drug-likeness (QED) is 0.452. The fourth-order valence-electron chi connectivity index (χ4n) is 4.07. The predicted octanol–water partition coefficient (Wildman–Crippen LogP) is 5.25. The molecule has 3 aromatic carbocycles. The van der Waals surface area contributed by atoms with Crippen LogP contribution >= 0.6 is 0 Å². The normalized spacial score (nSPS) is 14.2. The lowest BCUT2D eigenvalue weighted by molar-refractivity contribution is 0.102. The lowest BCUT2D eigenvalue weighted by Gasteiger charge is -2.08. The summed E-state index contributed by atoms with van der Waals surface area (Å²) < 4.78 is 26.3. The zero-order valence-corrected chi connectivity index (χ0v) is 18.2. The molecule has 0 spiro atoms. The summed E-state index contributed by atoms with van der Waals surface area (Å²) in [6, 6.07) is 20.5. The molecular formula is C25H24N2O3S. The number of aromatic nitrogens is 1. The summed E-state index contributed by atoms with van der Waals surface area (Å²) in [6.07, 6.45) is 2.57. The summed E-state index contributed by atoms with van der Waals surface area (Å²) in [5, 5.41) is 5.11. The van der Waals surface area contributed by atoms with Crippen LogP contribution in [0.5, 0.6) is 0 Å². The number of para-hydroxylation sites is 1. The highest BCUT2D eigenvalue weighted by atomic mass is 32.2. The van der Waals surface area contributed by atoms with Gasteiger partial charge in [-0.25, -0.2) is 8.42 Å². The van der Waals surface area contributed by atoms with E-state index in [0.29, 0.717) is 11.3 Å². The van der Waals surface area contributed by atoms with E-state index in [-0.39, 0.29) is 16.6 Å². The first kappa shape index (κ1) is 19.8. The molecule has 1 fully saturated rings. The number of rotatable bonds is 6. The highest BCUT2D eigenvalue weighted by molar-refractivity contribution is 7.91. The first-order chi connectivity index (χ1) is 15.0. The summed E-state index contributed by atoms with van der Waals surface area (Å²) in [4.78, 5) is 13.2. The van der Waals surface area contributed by atoms with Gasteiger partial charge in [-0.3, -0.25) is 4.79 Å². The van der Waals surface area contributed by atoms with Gasteiger partial charge >= 0.3 is 0 Å². The van der Waals surface area contributed by atoms with E-state index in [4.69, 9.17) is 0 Å². The topological polar surface area (TPSA) is 68.2 Å². The van der Waals surface area contributed by atoms with Gasteiger partial charge in [-0.15, -0.1) is 0 Å². The number of nitrogens with one attached hydrogen (secondary N) is 1. The lowest BCUT2D eigenvalue weighted by atomic mass is 10.1. The van der Waals surface area contributed by atoms with Crippen molar-refractivity contribution in [3.8, 4) is 0 Å². The summed E-state index contributed by atoms with van der Waals surface area (Å²) in [6.45, 7) is 2.63. The zero-order chi connectivity index (χ0) is 21.6. The van der Waals surface area contributed by atoms with Crippen LogP contribution in [0.15, 0.2) is 71.6 Å². The molecule has 1 heterocycles. The van der Waals surface area contributed by atoms with Gasteiger partial charge in [0, 0.05) is 39.6 Å². The summed E-state index contributed by atoms with van der Waals surface area (Å²) >= 11 is 0. The second-order valence-electron chi connectivity index (χ2n) is 8.18. The van der Waals surface area contributed by atoms with E-state index in [0.717, 1.165) is 28.8 Å². The number of sulfone groups is 1. The van der Waals surface area contributed by atoms with Gasteiger partial charge in [0.1, 0.15) is 0 Å².